The van der Waals surface area contributed by atoms with Crippen molar-refractivity contribution in [1.82, 2.24) is 0 Å². The normalized spacial score (nSPS) is 12.5. The summed E-state index contributed by atoms with van der Waals surface area (Å²) in [6.07, 6.45) is 3.03. The molecule has 2 rings (SSSR count). The summed E-state index contributed by atoms with van der Waals surface area (Å²) in [5, 5.41) is 2.83. The summed E-state index contributed by atoms with van der Waals surface area (Å²) in [6.45, 7) is 3.46. The van der Waals surface area contributed by atoms with Gasteiger partial charge in [0.1, 0.15) is 6.04 Å². The highest BCUT2D eigenvalue weighted by Crippen LogP contribution is 2.26. The van der Waals surface area contributed by atoms with E-state index in [2.05, 4.69) is 5.32 Å². The number of para-hydroxylation sites is 1. The summed E-state index contributed by atoms with van der Waals surface area (Å²) < 4.78 is 25.8. The highest BCUT2D eigenvalue weighted by atomic mass is 32.2. The van der Waals surface area contributed by atoms with Gasteiger partial charge in [0.25, 0.3) is 0 Å². The number of amides is 1. The number of thioether (sulfide) groups is 1. The Kier molecular flexibility index (Phi) is 6.13. The molecule has 0 fully saturated rings. The standard InChI is InChI=1S/C18H22N2O3S2/c1-13-8-7-9-15(12-13)20(25(4,22)23)14(2)18(21)19-16-10-5-6-11-17(16)24-3/h5-12,14H,1-4H3,(H,19,21). The molecule has 0 aliphatic carbocycles. The molecule has 7 heteroatoms. The molecular formula is C18H22N2O3S2. The van der Waals surface area contributed by atoms with E-state index in [1.165, 1.54) is 11.8 Å². The van der Waals surface area contributed by atoms with Gasteiger partial charge in [-0.2, -0.15) is 0 Å². The average Bonchev–Trinajstić information content (AvgIpc) is 2.54. The van der Waals surface area contributed by atoms with Crippen molar-refractivity contribution in [2.45, 2.75) is 24.8 Å². The fourth-order valence-electron chi connectivity index (χ4n) is 2.56. The van der Waals surface area contributed by atoms with Crippen LogP contribution in [0.1, 0.15) is 12.5 Å². The molecule has 0 saturated heterocycles. The van der Waals surface area contributed by atoms with Crippen molar-refractivity contribution in [3.05, 3.63) is 54.1 Å². The van der Waals surface area contributed by atoms with Crippen LogP contribution in [0, 0.1) is 6.92 Å². The largest absolute Gasteiger partial charge is 0.323 e. The molecule has 0 aromatic heterocycles. The molecule has 1 unspecified atom stereocenters. The van der Waals surface area contributed by atoms with Crippen molar-refractivity contribution in [1.29, 1.82) is 0 Å². The number of anilines is 2. The second kappa shape index (κ2) is 7.93. The third kappa shape index (κ3) is 4.76. The van der Waals surface area contributed by atoms with Crippen molar-refractivity contribution in [3.8, 4) is 0 Å². The average molecular weight is 379 g/mol. The molecule has 0 heterocycles. The van der Waals surface area contributed by atoms with E-state index in [1.807, 2.05) is 37.4 Å². The van der Waals surface area contributed by atoms with E-state index in [1.54, 1.807) is 31.2 Å². The molecule has 0 bridgehead atoms. The lowest BCUT2D eigenvalue weighted by Crippen LogP contribution is -2.45. The molecule has 2 aromatic rings. The zero-order valence-electron chi connectivity index (χ0n) is 14.7. The third-order valence-corrected chi connectivity index (χ3v) is 5.75. The summed E-state index contributed by atoms with van der Waals surface area (Å²) in [6, 6.07) is 13.6. The number of hydrogen-bond acceptors (Lipinski definition) is 4. The van der Waals surface area contributed by atoms with E-state index in [-0.39, 0.29) is 5.91 Å². The van der Waals surface area contributed by atoms with Crippen LogP contribution < -0.4 is 9.62 Å². The lowest BCUT2D eigenvalue weighted by Gasteiger charge is -2.28. The lowest BCUT2D eigenvalue weighted by atomic mass is 10.2. The van der Waals surface area contributed by atoms with E-state index >= 15 is 0 Å². The number of sulfonamides is 1. The first kappa shape index (κ1) is 19.3. The molecule has 0 radical (unpaired) electrons. The molecular weight excluding hydrogens is 356 g/mol. The van der Waals surface area contributed by atoms with Gasteiger partial charge in [-0.15, -0.1) is 11.8 Å². The molecule has 1 N–H and O–H groups in total. The summed E-state index contributed by atoms with van der Waals surface area (Å²) in [7, 11) is -3.62. The Balaban J connectivity index is 2.33. The Morgan fingerprint density at radius 1 is 1.16 bits per heavy atom. The van der Waals surface area contributed by atoms with Crippen LogP contribution in [0.4, 0.5) is 11.4 Å². The highest BCUT2D eigenvalue weighted by Gasteiger charge is 2.29. The van der Waals surface area contributed by atoms with Crippen LogP contribution in [-0.4, -0.2) is 32.9 Å². The van der Waals surface area contributed by atoms with Crippen molar-refractivity contribution in [2.75, 3.05) is 22.1 Å². The highest BCUT2D eigenvalue weighted by molar-refractivity contribution is 7.98. The predicted octanol–water partition coefficient (Wildman–Crippen LogP) is 3.51. The molecule has 25 heavy (non-hydrogen) atoms. The zero-order valence-corrected chi connectivity index (χ0v) is 16.3. The van der Waals surface area contributed by atoms with Crippen LogP contribution >= 0.6 is 11.8 Å². The maximum Gasteiger partial charge on any atom is 0.248 e. The van der Waals surface area contributed by atoms with Crippen molar-refractivity contribution >= 4 is 39.1 Å². The molecule has 0 aliphatic rings. The number of carbonyl (C=O) groups is 1. The SMILES string of the molecule is CSc1ccccc1NC(=O)C(C)N(c1cccc(C)c1)S(C)(=O)=O. The number of benzene rings is 2. The number of nitrogens with one attached hydrogen (secondary N) is 1. The summed E-state index contributed by atoms with van der Waals surface area (Å²) in [5.74, 6) is -0.381. The first-order valence-corrected chi connectivity index (χ1v) is 10.8. The van der Waals surface area contributed by atoms with E-state index in [0.717, 1.165) is 21.0 Å². The molecule has 5 nitrogen and oxygen atoms in total. The van der Waals surface area contributed by atoms with Gasteiger partial charge in [0.05, 0.1) is 17.6 Å². The fourth-order valence-corrected chi connectivity index (χ4v) is 4.28. The van der Waals surface area contributed by atoms with Gasteiger partial charge in [-0.1, -0.05) is 24.3 Å². The third-order valence-electron chi connectivity index (χ3n) is 3.71. The van der Waals surface area contributed by atoms with Gasteiger partial charge in [-0.3, -0.25) is 9.10 Å². The van der Waals surface area contributed by atoms with E-state index in [0.29, 0.717) is 11.4 Å². The second-order valence-electron chi connectivity index (χ2n) is 5.76. The summed E-state index contributed by atoms with van der Waals surface area (Å²) >= 11 is 1.51. The molecule has 0 saturated carbocycles. The topological polar surface area (TPSA) is 66.5 Å². The van der Waals surface area contributed by atoms with Crippen LogP contribution in [-0.2, 0) is 14.8 Å². The Bertz CT molecular complexity index is 866. The number of hydrogen-bond donors (Lipinski definition) is 1. The number of aryl methyl sites for hydroxylation is 1. The number of rotatable bonds is 6. The van der Waals surface area contributed by atoms with Gasteiger partial charge in [0, 0.05) is 4.90 Å². The monoisotopic (exact) mass is 378 g/mol. The van der Waals surface area contributed by atoms with E-state index in [4.69, 9.17) is 0 Å². The number of carbonyl (C=O) groups excluding carboxylic acids is 1. The van der Waals surface area contributed by atoms with Gasteiger partial charge < -0.3 is 5.32 Å². The molecule has 134 valence electrons. The Morgan fingerprint density at radius 3 is 2.44 bits per heavy atom. The van der Waals surface area contributed by atoms with Crippen LogP contribution in [0.2, 0.25) is 0 Å². The Hall–Kier alpha value is -1.99. The van der Waals surface area contributed by atoms with Crippen molar-refractivity contribution < 1.29 is 13.2 Å². The van der Waals surface area contributed by atoms with Crippen molar-refractivity contribution in [2.24, 2.45) is 0 Å². The lowest BCUT2D eigenvalue weighted by molar-refractivity contribution is -0.116. The van der Waals surface area contributed by atoms with E-state index in [9.17, 15) is 13.2 Å². The first-order chi connectivity index (χ1) is 11.7. The smallest absolute Gasteiger partial charge is 0.248 e. The minimum absolute atomic E-state index is 0.381. The Labute approximate surface area is 153 Å². The maximum atomic E-state index is 12.7. The number of nitrogens with zero attached hydrogens (tertiary/aromatic N) is 1. The van der Waals surface area contributed by atoms with Gasteiger partial charge in [-0.25, -0.2) is 8.42 Å². The second-order valence-corrected chi connectivity index (χ2v) is 8.47. The van der Waals surface area contributed by atoms with Crippen LogP contribution in [0.3, 0.4) is 0 Å². The minimum atomic E-state index is -3.62. The Morgan fingerprint density at radius 2 is 1.84 bits per heavy atom. The van der Waals surface area contributed by atoms with Gasteiger partial charge in [-0.05, 0) is 49.9 Å². The van der Waals surface area contributed by atoms with Crippen molar-refractivity contribution in [3.63, 3.8) is 0 Å². The molecule has 0 aliphatic heterocycles. The van der Waals surface area contributed by atoms with Crippen LogP contribution in [0.25, 0.3) is 0 Å². The molecule has 2 aromatic carbocycles. The van der Waals surface area contributed by atoms with E-state index < -0.39 is 16.1 Å². The molecule has 0 spiro atoms. The molecule has 1 atom stereocenters. The van der Waals surface area contributed by atoms with Gasteiger partial charge >= 0.3 is 0 Å². The van der Waals surface area contributed by atoms with Gasteiger partial charge in [0.2, 0.25) is 15.9 Å². The zero-order chi connectivity index (χ0) is 18.6. The fraction of sp³-hybridized carbons (Fsp3) is 0.278. The maximum absolute atomic E-state index is 12.7. The summed E-state index contributed by atoms with van der Waals surface area (Å²) in [4.78, 5) is 13.6. The predicted molar refractivity (Wildman–Crippen MR) is 105 cm³/mol. The van der Waals surface area contributed by atoms with Crippen LogP contribution in [0.15, 0.2) is 53.4 Å². The van der Waals surface area contributed by atoms with Crippen LogP contribution in [0.5, 0.6) is 0 Å². The quantitative estimate of drug-likeness (QED) is 0.781. The molecule has 1 amide bonds. The minimum Gasteiger partial charge on any atom is -0.323 e. The summed E-state index contributed by atoms with van der Waals surface area (Å²) in [5.41, 5.74) is 2.07. The first-order valence-electron chi connectivity index (χ1n) is 7.74. The van der Waals surface area contributed by atoms with Gasteiger partial charge in [0.15, 0.2) is 0 Å².